The van der Waals surface area contributed by atoms with Gasteiger partial charge in [0.2, 0.25) is 10.0 Å². The van der Waals surface area contributed by atoms with Crippen molar-refractivity contribution in [3.05, 3.63) is 120 Å². The van der Waals surface area contributed by atoms with Crippen molar-refractivity contribution >= 4 is 33.7 Å². The average molecular weight is 601 g/mol. The minimum Gasteiger partial charge on any atom is -0.497 e. The van der Waals surface area contributed by atoms with E-state index in [0.29, 0.717) is 29.2 Å². The smallest absolute Gasteiger partial charge is 0.262 e. The molecule has 0 aromatic heterocycles. The van der Waals surface area contributed by atoms with Gasteiger partial charge in [0.25, 0.3) is 11.8 Å². The number of nitrogens with one attached hydrogen (secondary N) is 2. The van der Waals surface area contributed by atoms with Crippen LogP contribution < -0.4 is 20.2 Å². The SMILES string of the molecule is COc1ccc(S(=O)(=O)N(CCc2ccccc2)CC(=O)N/N=C/c2ccc(OCC(=O)Nc3ccccc3)cc2)cc1. The molecule has 0 heterocycles. The fourth-order valence-corrected chi connectivity index (χ4v) is 5.37. The fraction of sp³-hybridized carbons (Fsp3) is 0.156. The average Bonchev–Trinajstić information content (AvgIpc) is 3.03. The lowest BCUT2D eigenvalue weighted by atomic mass is 10.1. The monoisotopic (exact) mass is 600 g/mol. The third kappa shape index (κ3) is 9.52. The quantitative estimate of drug-likeness (QED) is 0.166. The summed E-state index contributed by atoms with van der Waals surface area (Å²) >= 11 is 0. The summed E-state index contributed by atoms with van der Waals surface area (Å²) in [5.41, 5.74) is 4.69. The first kappa shape index (κ1) is 30.9. The molecule has 4 aromatic rings. The molecule has 222 valence electrons. The summed E-state index contributed by atoms with van der Waals surface area (Å²) in [6.45, 7) is -0.477. The first-order valence-electron chi connectivity index (χ1n) is 13.4. The topological polar surface area (TPSA) is 126 Å². The highest BCUT2D eigenvalue weighted by atomic mass is 32.2. The second-order valence-corrected chi connectivity index (χ2v) is 11.3. The molecule has 4 rings (SSSR count). The van der Waals surface area contributed by atoms with Crippen molar-refractivity contribution < 1.29 is 27.5 Å². The zero-order valence-corrected chi connectivity index (χ0v) is 24.4. The Bertz CT molecular complexity index is 1610. The Morgan fingerprint density at radius 3 is 2.09 bits per heavy atom. The molecule has 0 aliphatic carbocycles. The van der Waals surface area contributed by atoms with E-state index in [4.69, 9.17) is 9.47 Å². The fourth-order valence-electron chi connectivity index (χ4n) is 3.97. The molecule has 0 fully saturated rings. The molecule has 0 unspecified atom stereocenters. The van der Waals surface area contributed by atoms with E-state index in [1.165, 1.54) is 25.5 Å². The van der Waals surface area contributed by atoms with Gasteiger partial charge in [0.1, 0.15) is 11.5 Å². The summed E-state index contributed by atoms with van der Waals surface area (Å²) in [4.78, 5) is 24.9. The van der Waals surface area contributed by atoms with E-state index in [1.54, 1.807) is 48.5 Å². The molecule has 43 heavy (non-hydrogen) atoms. The van der Waals surface area contributed by atoms with Crippen LogP contribution in [0.4, 0.5) is 5.69 Å². The van der Waals surface area contributed by atoms with Crippen LogP contribution in [-0.2, 0) is 26.0 Å². The second kappa shape index (κ2) is 15.3. The van der Waals surface area contributed by atoms with Crippen LogP contribution in [-0.4, -0.2) is 57.6 Å². The molecule has 0 aliphatic rings. The summed E-state index contributed by atoms with van der Waals surface area (Å²) in [7, 11) is -2.48. The molecule has 0 saturated carbocycles. The largest absolute Gasteiger partial charge is 0.497 e. The van der Waals surface area contributed by atoms with E-state index in [0.717, 1.165) is 9.87 Å². The van der Waals surface area contributed by atoms with Gasteiger partial charge in [0.15, 0.2) is 6.61 Å². The van der Waals surface area contributed by atoms with Gasteiger partial charge in [-0.05, 0) is 78.2 Å². The van der Waals surface area contributed by atoms with Crippen molar-refractivity contribution in [1.82, 2.24) is 9.73 Å². The Kier molecular flexibility index (Phi) is 11.0. The number of carbonyl (C=O) groups excluding carboxylic acids is 2. The second-order valence-electron chi connectivity index (χ2n) is 9.31. The number of methoxy groups -OCH3 is 1. The van der Waals surface area contributed by atoms with Crippen molar-refractivity contribution in [2.75, 3.05) is 32.1 Å². The molecule has 0 bridgehead atoms. The molecule has 2 N–H and O–H groups in total. The number of hydrazone groups is 1. The number of para-hydroxylation sites is 1. The van der Waals surface area contributed by atoms with Crippen LogP contribution in [0.3, 0.4) is 0 Å². The highest BCUT2D eigenvalue weighted by Gasteiger charge is 2.26. The minimum absolute atomic E-state index is 0.0533. The molecule has 0 saturated heterocycles. The van der Waals surface area contributed by atoms with Gasteiger partial charge in [0, 0.05) is 12.2 Å². The van der Waals surface area contributed by atoms with Crippen LogP contribution in [0.2, 0.25) is 0 Å². The maximum absolute atomic E-state index is 13.4. The number of amides is 2. The summed E-state index contributed by atoms with van der Waals surface area (Å²) < 4.78 is 38.6. The molecule has 0 aliphatic heterocycles. The highest BCUT2D eigenvalue weighted by Crippen LogP contribution is 2.20. The van der Waals surface area contributed by atoms with Crippen LogP contribution in [0.15, 0.2) is 119 Å². The van der Waals surface area contributed by atoms with Crippen molar-refractivity contribution in [2.24, 2.45) is 5.10 Å². The van der Waals surface area contributed by atoms with E-state index in [2.05, 4.69) is 15.8 Å². The van der Waals surface area contributed by atoms with Gasteiger partial charge >= 0.3 is 0 Å². The molecule has 10 nitrogen and oxygen atoms in total. The van der Waals surface area contributed by atoms with Crippen molar-refractivity contribution in [1.29, 1.82) is 0 Å². The number of carbonyl (C=O) groups is 2. The first-order valence-corrected chi connectivity index (χ1v) is 14.9. The Balaban J connectivity index is 1.32. The van der Waals surface area contributed by atoms with Gasteiger partial charge in [-0.3, -0.25) is 9.59 Å². The zero-order valence-electron chi connectivity index (χ0n) is 23.6. The summed E-state index contributed by atoms with van der Waals surface area (Å²) in [6, 6.07) is 31.3. The number of nitrogens with zero attached hydrogens (tertiary/aromatic N) is 2. The first-order chi connectivity index (χ1) is 20.8. The Labute approximate surface area is 251 Å². The third-order valence-corrected chi connectivity index (χ3v) is 8.08. The maximum Gasteiger partial charge on any atom is 0.262 e. The summed E-state index contributed by atoms with van der Waals surface area (Å²) in [5, 5.41) is 6.72. The molecule has 0 spiro atoms. The normalized spacial score (nSPS) is 11.3. The minimum atomic E-state index is -3.98. The molecule has 0 atom stereocenters. The van der Waals surface area contributed by atoms with Crippen LogP contribution >= 0.6 is 0 Å². The van der Waals surface area contributed by atoms with Crippen LogP contribution in [0, 0.1) is 0 Å². The van der Waals surface area contributed by atoms with Crippen LogP contribution in [0.5, 0.6) is 11.5 Å². The molecule has 2 amide bonds. The Morgan fingerprint density at radius 1 is 0.814 bits per heavy atom. The molecule has 0 radical (unpaired) electrons. The van der Waals surface area contributed by atoms with E-state index in [-0.39, 0.29) is 24.0 Å². The predicted octanol–water partition coefficient (Wildman–Crippen LogP) is 4.10. The summed E-state index contributed by atoms with van der Waals surface area (Å²) in [5.74, 6) is 0.134. The Hall–Kier alpha value is -5.00. The van der Waals surface area contributed by atoms with Gasteiger partial charge in [-0.2, -0.15) is 9.41 Å². The van der Waals surface area contributed by atoms with Crippen LogP contribution in [0.1, 0.15) is 11.1 Å². The van der Waals surface area contributed by atoms with E-state index in [9.17, 15) is 18.0 Å². The third-order valence-electron chi connectivity index (χ3n) is 6.22. The van der Waals surface area contributed by atoms with Crippen molar-refractivity contribution in [3.63, 3.8) is 0 Å². The standard InChI is InChI=1S/C32H32N4O6S/c1-41-28-16-18-30(19-17-28)43(39,40)36(21-20-25-8-4-2-5-9-25)23-31(37)35-33-22-26-12-14-29(15-13-26)42-24-32(38)34-27-10-6-3-7-11-27/h2-19,22H,20-21,23-24H2,1H3,(H,34,38)(H,35,37)/b33-22+. The van der Waals surface area contributed by atoms with Crippen molar-refractivity contribution in [3.8, 4) is 11.5 Å². The van der Waals surface area contributed by atoms with E-state index in [1.807, 2.05) is 48.5 Å². The number of hydrogen-bond donors (Lipinski definition) is 2. The molecule has 11 heteroatoms. The lowest BCUT2D eigenvalue weighted by molar-refractivity contribution is -0.121. The Morgan fingerprint density at radius 2 is 1.44 bits per heavy atom. The number of hydrogen-bond acceptors (Lipinski definition) is 7. The number of sulfonamides is 1. The van der Waals surface area contributed by atoms with Gasteiger partial charge < -0.3 is 14.8 Å². The molecular weight excluding hydrogens is 568 g/mol. The van der Waals surface area contributed by atoms with Gasteiger partial charge in [0.05, 0.1) is 24.8 Å². The molecular formula is C32H32N4O6S. The summed E-state index contributed by atoms with van der Waals surface area (Å²) in [6.07, 6.45) is 1.85. The molecule has 4 aromatic carbocycles. The highest BCUT2D eigenvalue weighted by molar-refractivity contribution is 7.89. The van der Waals surface area contributed by atoms with Crippen molar-refractivity contribution in [2.45, 2.75) is 11.3 Å². The maximum atomic E-state index is 13.4. The number of benzene rings is 4. The lowest BCUT2D eigenvalue weighted by Gasteiger charge is -2.21. The number of anilines is 1. The van der Waals surface area contributed by atoms with E-state index >= 15 is 0 Å². The van der Waals surface area contributed by atoms with Gasteiger partial charge in [-0.1, -0.05) is 48.5 Å². The van der Waals surface area contributed by atoms with Gasteiger partial charge in [-0.25, -0.2) is 13.8 Å². The number of rotatable bonds is 14. The van der Waals surface area contributed by atoms with E-state index < -0.39 is 22.5 Å². The predicted molar refractivity (Wildman–Crippen MR) is 165 cm³/mol. The van der Waals surface area contributed by atoms with Crippen LogP contribution in [0.25, 0.3) is 0 Å². The van der Waals surface area contributed by atoms with Gasteiger partial charge in [-0.15, -0.1) is 0 Å². The number of ether oxygens (including phenoxy) is 2. The zero-order chi connectivity index (χ0) is 30.5. The lowest BCUT2D eigenvalue weighted by Crippen LogP contribution is -2.40.